The molecule has 2 fully saturated rings. The van der Waals surface area contributed by atoms with Crippen LogP contribution in [-0.2, 0) is 11.8 Å². The zero-order valence-corrected chi connectivity index (χ0v) is 17.7. The van der Waals surface area contributed by atoms with Crippen molar-refractivity contribution in [2.75, 3.05) is 39.3 Å². The molecule has 1 saturated carbocycles. The fourth-order valence-corrected chi connectivity index (χ4v) is 5.01. The van der Waals surface area contributed by atoms with Crippen molar-refractivity contribution >= 4 is 34.3 Å². The SMILES string of the molecule is Cn1c(C(=O)NCCN2CCN(C(=O)C3CCCC3)CC2)c(Cl)c2ccccc21. The minimum absolute atomic E-state index is 0.149. The molecule has 1 N–H and O–H groups in total. The summed E-state index contributed by atoms with van der Waals surface area (Å²) in [4.78, 5) is 29.6. The van der Waals surface area contributed by atoms with Crippen LogP contribution in [0.3, 0.4) is 0 Å². The van der Waals surface area contributed by atoms with Crippen LogP contribution in [0.4, 0.5) is 0 Å². The average Bonchev–Trinajstić information content (AvgIpc) is 3.36. The summed E-state index contributed by atoms with van der Waals surface area (Å²) in [5.41, 5.74) is 1.45. The second-order valence-corrected chi connectivity index (χ2v) is 8.52. The number of nitrogens with zero attached hydrogens (tertiary/aromatic N) is 3. The number of carbonyl (C=O) groups is 2. The number of benzene rings is 1. The minimum atomic E-state index is -0.149. The van der Waals surface area contributed by atoms with Crippen LogP contribution in [-0.4, -0.2) is 65.4 Å². The first-order valence-electron chi connectivity index (χ1n) is 10.6. The maximum atomic E-state index is 12.7. The third-order valence-corrected chi connectivity index (χ3v) is 6.74. The highest BCUT2D eigenvalue weighted by molar-refractivity contribution is 6.38. The normalized spacial score (nSPS) is 18.5. The molecule has 4 rings (SSSR count). The van der Waals surface area contributed by atoms with Gasteiger partial charge >= 0.3 is 0 Å². The molecule has 0 bridgehead atoms. The van der Waals surface area contributed by atoms with Gasteiger partial charge in [-0.2, -0.15) is 0 Å². The highest BCUT2D eigenvalue weighted by Crippen LogP contribution is 2.29. The lowest BCUT2D eigenvalue weighted by Gasteiger charge is -2.36. The van der Waals surface area contributed by atoms with Crippen LogP contribution < -0.4 is 5.32 Å². The molecule has 1 aliphatic carbocycles. The zero-order chi connectivity index (χ0) is 20.4. The molecule has 7 heteroatoms. The van der Waals surface area contributed by atoms with Crippen molar-refractivity contribution in [2.45, 2.75) is 25.7 Å². The molecular weight excluding hydrogens is 388 g/mol. The number of aromatic nitrogens is 1. The molecule has 156 valence electrons. The molecule has 1 saturated heterocycles. The predicted molar refractivity (Wildman–Crippen MR) is 115 cm³/mol. The van der Waals surface area contributed by atoms with Gasteiger partial charge in [0.05, 0.1) is 5.02 Å². The third-order valence-electron chi connectivity index (χ3n) is 6.36. The Morgan fingerprint density at radius 3 is 2.48 bits per heavy atom. The van der Waals surface area contributed by atoms with Gasteiger partial charge in [0, 0.05) is 63.1 Å². The van der Waals surface area contributed by atoms with Crippen molar-refractivity contribution in [3.8, 4) is 0 Å². The van der Waals surface area contributed by atoms with Crippen LogP contribution in [0.15, 0.2) is 24.3 Å². The lowest BCUT2D eigenvalue weighted by molar-refractivity contribution is -0.137. The van der Waals surface area contributed by atoms with Gasteiger partial charge in [-0.3, -0.25) is 14.5 Å². The quantitative estimate of drug-likeness (QED) is 0.815. The molecule has 2 aliphatic rings. The van der Waals surface area contributed by atoms with Gasteiger partial charge in [-0.15, -0.1) is 0 Å². The number of amides is 2. The number of hydrogen-bond acceptors (Lipinski definition) is 3. The number of fused-ring (bicyclic) bond motifs is 1. The van der Waals surface area contributed by atoms with Crippen LogP contribution >= 0.6 is 11.6 Å². The van der Waals surface area contributed by atoms with Gasteiger partial charge in [0.2, 0.25) is 5.91 Å². The molecule has 1 aromatic carbocycles. The molecule has 2 heterocycles. The van der Waals surface area contributed by atoms with E-state index in [9.17, 15) is 9.59 Å². The largest absolute Gasteiger partial charge is 0.349 e. The Bertz CT molecular complexity index is 857. The predicted octanol–water partition coefficient (Wildman–Crippen LogP) is 2.90. The monoisotopic (exact) mass is 416 g/mol. The lowest BCUT2D eigenvalue weighted by atomic mass is 10.1. The Hall–Kier alpha value is -2.05. The molecule has 0 unspecified atom stereocenters. The summed E-state index contributed by atoms with van der Waals surface area (Å²) in [6.07, 6.45) is 4.50. The topological polar surface area (TPSA) is 57.6 Å². The van der Waals surface area contributed by atoms with Crippen LogP contribution in [0, 0.1) is 5.92 Å². The van der Waals surface area contributed by atoms with Crippen LogP contribution in [0.5, 0.6) is 0 Å². The number of aryl methyl sites for hydroxylation is 1. The van der Waals surface area contributed by atoms with Crippen molar-refractivity contribution in [3.05, 3.63) is 35.0 Å². The van der Waals surface area contributed by atoms with E-state index in [1.807, 2.05) is 40.8 Å². The van der Waals surface area contributed by atoms with E-state index in [4.69, 9.17) is 11.6 Å². The second kappa shape index (κ2) is 8.76. The van der Waals surface area contributed by atoms with Gasteiger partial charge in [0.25, 0.3) is 5.91 Å². The summed E-state index contributed by atoms with van der Waals surface area (Å²) in [6.45, 7) is 4.65. The number of nitrogens with one attached hydrogen (secondary N) is 1. The molecule has 29 heavy (non-hydrogen) atoms. The first-order valence-corrected chi connectivity index (χ1v) is 11.0. The van der Waals surface area contributed by atoms with E-state index in [1.54, 1.807) is 0 Å². The van der Waals surface area contributed by atoms with Crippen molar-refractivity contribution in [2.24, 2.45) is 13.0 Å². The molecule has 0 atom stereocenters. The van der Waals surface area contributed by atoms with Gasteiger partial charge in [-0.1, -0.05) is 42.6 Å². The van der Waals surface area contributed by atoms with Crippen molar-refractivity contribution in [1.29, 1.82) is 0 Å². The fourth-order valence-electron chi connectivity index (χ4n) is 4.63. The Morgan fingerprint density at radius 1 is 1.10 bits per heavy atom. The highest BCUT2D eigenvalue weighted by Gasteiger charge is 2.29. The molecule has 2 aromatic rings. The molecule has 6 nitrogen and oxygen atoms in total. The molecule has 0 radical (unpaired) electrons. The Balaban J connectivity index is 1.26. The third kappa shape index (κ3) is 4.14. The van der Waals surface area contributed by atoms with E-state index < -0.39 is 0 Å². The number of hydrogen-bond donors (Lipinski definition) is 1. The minimum Gasteiger partial charge on any atom is -0.349 e. The Labute approximate surface area is 176 Å². The summed E-state index contributed by atoms with van der Waals surface area (Å²) in [5, 5.41) is 4.39. The summed E-state index contributed by atoms with van der Waals surface area (Å²) in [6, 6.07) is 7.76. The molecular formula is C22H29ClN4O2. The first-order chi connectivity index (χ1) is 14.1. The Kier molecular flexibility index (Phi) is 6.11. The first kappa shape index (κ1) is 20.2. The smallest absolute Gasteiger partial charge is 0.269 e. The van der Waals surface area contributed by atoms with Gasteiger partial charge in [-0.25, -0.2) is 0 Å². The zero-order valence-electron chi connectivity index (χ0n) is 17.0. The van der Waals surface area contributed by atoms with E-state index in [0.29, 0.717) is 23.2 Å². The van der Waals surface area contributed by atoms with Gasteiger partial charge in [0.1, 0.15) is 5.69 Å². The van der Waals surface area contributed by atoms with E-state index in [2.05, 4.69) is 10.2 Å². The summed E-state index contributed by atoms with van der Waals surface area (Å²) < 4.78 is 1.85. The van der Waals surface area contributed by atoms with E-state index in [1.165, 1.54) is 12.8 Å². The maximum Gasteiger partial charge on any atom is 0.269 e. The Morgan fingerprint density at radius 2 is 1.79 bits per heavy atom. The molecule has 1 aromatic heterocycles. The van der Waals surface area contributed by atoms with E-state index >= 15 is 0 Å². The summed E-state index contributed by atoms with van der Waals surface area (Å²) in [7, 11) is 1.86. The summed E-state index contributed by atoms with van der Waals surface area (Å²) in [5.74, 6) is 0.455. The fraction of sp³-hybridized carbons (Fsp3) is 0.545. The van der Waals surface area contributed by atoms with Crippen molar-refractivity contribution < 1.29 is 9.59 Å². The average molecular weight is 417 g/mol. The van der Waals surface area contributed by atoms with E-state index in [0.717, 1.165) is 56.5 Å². The molecule has 0 spiro atoms. The van der Waals surface area contributed by atoms with Crippen LogP contribution in [0.25, 0.3) is 10.9 Å². The number of para-hydroxylation sites is 1. The maximum absolute atomic E-state index is 12.7. The molecule has 2 amide bonds. The van der Waals surface area contributed by atoms with Crippen LogP contribution in [0.2, 0.25) is 5.02 Å². The number of piperazine rings is 1. The highest BCUT2D eigenvalue weighted by atomic mass is 35.5. The lowest BCUT2D eigenvalue weighted by Crippen LogP contribution is -2.51. The number of halogens is 1. The summed E-state index contributed by atoms with van der Waals surface area (Å²) >= 11 is 6.45. The van der Waals surface area contributed by atoms with Gasteiger partial charge in [0.15, 0.2) is 0 Å². The number of carbonyl (C=O) groups excluding carboxylic acids is 2. The van der Waals surface area contributed by atoms with Crippen molar-refractivity contribution in [1.82, 2.24) is 19.7 Å². The standard InChI is InChI=1S/C22H29ClN4O2/c1-25-18-9-5-4-8-17(18)19(23)20(25)21(28)24-10-11-26-12-14-27(15-13-26)22(29)16-6-2-3-7-16/h4-5,8-9,16H,2-3,6-7,10-15H2,1H3,(H,24,28). The number of rotatable bonds is 5. The van der Waals surface area contributed by atoms with Crippen molar-refractivity contribution in [3.63, 3.8) is 0 Å². The van der Waals surface area contributed by atoms with Gasteiger partial charge in [-0.05, 0) is 18.9 Å². The second-order valence-electron chi connectivity index (χ2n) is 8.14. The molecule has 1 aliphatic heterocycles. The van der Waals surface area contributed by atoms with Gasteiger partial charge < -0.3 is 14.8 Å². The van der Waals surface area contributed by atoms with E-state index in [-0.39, 0.29) is 11.8 Å². The van der Waals surface area contributed by atoms with Crippen LogP contribution in [0.1, 0.15) is 36.2 Å².